The first-order valence-corrected chi connectivity index (χ1v) is 11.0. The van der Waals surface area contributed by atoms with Crippen LogP contribution in [0.5, 0.6) is 0 Å². The van der Waals surface area contributed by atoms with Crippen LogP contribution in [0.4, 0.5) is 5.13 Å². The molecule has 0 aliphatic carbocycles. The summed E-state index contributed by atoms with van der Waals surface area (Å²) in [7, 11) is 0. The van der Waals surface area contributed by atoms with Gasteiger partial charge in [0, 0.05) is 19.5 Å². The summed E-state index contributed by atoms with van der Waals surface area (Å²) >= 11 is 1.09. The fourth-order valence-electron chi connectivity index (χ4n) is 3.21. The van der Waals surface area contributed by atoms with E-state index in [-0.39, 0.29) is 23.3 Å². The number of fused-ring (bicyclic) bond motifs is 1. The topological polar surface area (TPSA) is 166 Å². The van der Waals surface area contributed by atoms with Crippen LogP contribution in [0, 0.1) is 6.92 Å². The number of nitrogens with zero attached hydrogens (tertiary/aromatic N) is 3. The zero-order valence-electron chi connectivity index (χ0n) is 18.0. The van der Waals surface area contributed by atoms with Crippen molar-refractivity contribution in [1.82, 2.24) is 20.3 Å². The number of nitrogens with one attached hydrogen (secondary N) is 2. The number of amides is 1. The van der Waals surface area contributed by atoms with E-state index in [1.807, 2.05) is 17.9 Å². The quantitative estimate of drug-likeness (QED) is 0.343. The van der Waals surface area contributed by atoms with E-state index in [0.717, 1.165) is 16.9 Å². The van der Waals surface area contributed by atoms with Crippen LogP contribution in [0.3, 0.4) is 0 Å². The molecule has 1 amide bonds. The molecule has 0 aliphatic rings. The third-order valence-electron chi connectivity index (χ3n) is 4.88. The lowest BCUT2D eigenvalue weighted by atomic mass is 10.1. The standard InChI is InChI=1S/C21H23N5O6S/c1-3-26(10-12-4-5-14-13(8-12)18(29)24-11(2)23-14)21-22-9-16(33-21)19(30)25-15(20(31)32)6-7-17(27)28/h4-5,8-9,15H,3,6-7,10H2,1-2H3,(H,25,30)(H,27,28)(H,31,32)(H,23,24,29)/t15-/m1/s1. The Balaban J connectivity index is 1.74. The van der Waals surface area contributed by atoms with E-state index >= 15 is 0 Å². The molecular weight excluding hydrogens is 450 g/mol. The zero-order valence-corrected chi connectivity index (χ0v) is 18.8. The van der Waals surface area contributed by atoms with Gasteiger partial charge in [-0.1, -0.05) is 17.4 Å². The third kappa shape index (κ3) is 5.92. The van der Waals surface area contributed by atoms with Crippen molar-refractivity contribution in [2.45, 2.75) is 39.3 Å². The first kappa shape index (κ1) is 23.9. The molecule has 0 saturated heterocycles. The van der Waals surface area contributed by atoms with Gasteiger partial charge >= 0.3 is 11.9 Å². The number of H-pyrrole nitrogens is 1. The lowest BCUT2D eigenvalue weighted by Gasteiger charge is -2.20. The van der Waals surface area contributed by atoms with E-state index < -0.39 is 23.9 Å². The number of anilines is 1. The summed E-state index contributed by atoms with van der Waals surface area (Å²) in [6.07, 6.45) is 0.753. The molecule has 0 radical (unpaired) electrons. The number of hydrogen-bond donors (Lipinski definition) is 4. The number of carbonyl (C=O) groups excluding carboxylic acids is 1. The van der Waals surface area contributed by atoms with Gasteiger partial charge in [-0.15, -0.1) is 0 Å². The largest absolute Gasteiger partial charge is 0.481 e. The molecule has 3 aromatic rings. The molecule has 174 valence electrons. The molecule has 3 rings (SSSR count). The molecule has 0 unspecified atom stereocenters. The highest BCUT2D eigenvalue weighted by atomic mass is 32.1. The van der Waals surface area contributed by atoms with Gasteiger partial charge in [0.25, 0.3) is 11.5 Å². The van der Waals surface area contributed by atoms with Crippen molar-refractivity contribution in [3.8, 4) is 0 Å². The minimum Gasteiger partial charge on any atom is -0.481 e. The Labute approximate surface area is 192 Å². The number of aromatic amines is 1. The van der Waals surface area contributed by atoms with Gasteiger partial charge in [0.2, 0.25) is 0 Å². The molecule has 0 bridgehead atoms. The van der Waals surface area contributed by atoms with Gasteiger partial charge in [-0.25, -0.2) is 14.8 Å². The Morgan fingerprint density at radius 2 is 2.03 bits per heavy atom. The predicted octanol–water partition coefficient (Wildman–Crippen LogP) is 1.76. The van der Waals surface area contributed by atoms with Crippen LogP contribution in [-0.4, -0.2) is 55.6 Å². The number of aromatic nitrogens is 3. The molecule has 0 aliphatic heterocycles. The highest BCUT2D eigenvalue weighted by Gasteiger charge is 2.23. The Morgan fingerprint density at radius 1 is 1.27 bits per heavy atom. The van der Waals surface area contributed by atoms with Gasteiger partial charge in [0.1, 0.15) is 16.7 Å². The Morgan fingerprint density at radius 3 is 2.70 bits per heavy atom. The number of carboxylic acid groups (broad SMARTS) is 2. The van der Waals surface area contributed by atoms with Crippen LogP contribution in [0.25, 0.3) is 10.9 Å². The molecule has 0 fully saturated rings. The van der Waals surface area contributed by atoms with Crippen LogP contribution in [-0.2, 0) is 16.1 Å². The van der Waals surface area contributed by atoms with E-state index in [9.17, 15) is 24.3 Å². The van der Waals surface area contributed by atoms with Crippen LogP contribution in [0.2, 0.25) is 0 Å². The average molecular weight is 474 g/mol. The smallest absolute Gasteiger partial charge is 0.326 e. The normalized spacial score (nSPS) is 11.8. The summed E-state index contributed by atoms with van der Waals surface area (Å²) in [6, 6.07) is 4.11. The van der Waals surface area contributed by atoms with Gasteiger partial charge in [0.15, 0.2) is 5.13 Å². The lowest BCUT2D eigenvalue weighted by Crippen LogP contribution is -2.40. The number of benzene rings is 1. The van der Waals surface area contributed by atoms with E-state index in [0.29, 0.717) is 34.9 Å². The van der Waals surface area contributed by atoms with Crippen molar-refractivity contribution in [2.24, 2.45) is 0 Å². The summed E-state index contributed by atoms with van der Waals surface area (Å²) < 4.78 is 0. The minimum absolute atomic E-state index is 0.208. The Hall–Kier alpha value is -3.80. The maximum Gasteiger partial charge on any atom is 0.326 e. The van der Waals surface area contributed by atoms with Crippen LogP contribution >= 0.6 is 11.3 Å². The SMILES string of the molecule is CCN(Cc1ccc2nc(C)[nH]c(=O)c2c1)c1ncc(C(=O)N[C@H](CCC(=O)O)C(=O)O)s1. The van der Waals surface area contributed by atoms with Crippen molar-refractivity contribution < 1.29 is 24.6 Å². The highest BCUT2D eigenvalue weighted by molar-refractivity contribution is 7.17. The van der Waals surface area contributed by atoms with Crippen molar-refractivity contribution in [3.63, 3.8) is 0 Å². The molecule has 33 heavy (non-hydrogen) atoms. The molecule has 2 heterocycles. The third-order valence-corrected chi connectivity index (χ3v) is 5.94. The van der Waals surface area contributed by atoms with Crippen molar-refractivity contribution in [2.75, 3.05) is 11.4 Å². The number of aryl methyl sites for hydroxylation is 1. The van der Waals surface area contributed by atoms with E-state index in [2.05, 4.69) is 20.3 Å². The molecule has 1 atom stereocenters. The Bertz CT molecular complexity index is 1250. The number of hydrogen-bond acceptors (Lipinski definition) is 8. The maximum absolute atomic E-state index is 12.5. The molecular formula is C21H23N5O6S. The molecule has 0 saturated carbocycles. The second kappa shape index (κ2) is 10.2. The molecule has 11 nitrogen and oxygen atoms in total. The first-order chi connectivity index (χ1) is 15.7. The van der Waals surface area contributed by atoms with Crippen molar-refractivity contribution in [3.05, 3.63) is 51.0 Å². The van der Waals surface area contributed by atoms with E-state index in [1.54, 1.807) is 19.1 Å². The van der Waals surface area contributed by atoms with Gasteiger partial charge in [-0.05, 0) is 38.0 Å². The summed E-state index contributed by atoms with van der Waals surface area (Å²) in [4.78, 5) is 60.2. The molecule has 2 aromatic heterocycles. The van der Waals surface area contributed by atoms with E-state index in [1.165, 1.54) is 6.20 Å². The second-order valence-electron chi connectivity index (χ2n) is 7.32. The number of thiazole rings is 1. The van der Waals surface area contributed by atoms with Gasteiger partial charge in [-0.3, -0.25) is 14.4 Å². The monoisotopic (exact) mass is 473 g/mol. The average Bonchev–Trinajstić information content (AvgIpc) is 3.25. The van der Waals surface area contributed by atoms with Crippen LogP contribution in [0.1, 0.15) is 40.8 Å². The van der Waals surface area contributed by atoms with E-state index in [4.69, 9.17) is 5.11 Å². The lowest BCUT2D eigenvalue weighted by molar-refractivity contribution is -0.140. The van der Waals surface area contributed by atoms with Gasteiger partial charge < -0.3 is 25.4 Å². The first-order valence-electron chi connectivity index (χ1n) is 10.1. The number of carbonyl (C=O) groups is 3. The van der Waals surface area contributed by atoms with Crippen molar-refractivity contribution >= 4 is 45.2 Å². The van der Waals surface area contributed by atoms with Crippen molar-refractivity contribution in [1.29, 1.82) is 0 Å². The predicted molar refractivity (Wildman–Crippen MR) is 122 cm³/mol. The minimum atomic E-state index is -1.31. The highest BCUT2D eigenvalue weighted by Crippen LogP contribution is 2.25. The molecule has 4 N–H and O–H groups in total. The summed E-state index contributed by atoms with van der Waals surface area (Å²) in [5.41, 5.74) is 1.25. The maximum atomic E-state index is 12.5. The summed E-state index contributed by atoms with van der Waals surface area (Å²) in [5.74, 6) is -2.54. The zero-order chi connectivity index (χ0) is 24.1. The van der Waals surface area contributed by atoms with Crippen LogP contribution in [0.15, 0.2) is 29.2 Å². The number of carboxylic acids is 2. The van der Waals surface area contributed by atoms with Gasteiger partial charge in [-0.2, -0.15) is 0 Å². The fraction of sp³-hybridized carbons (Fsp3) is 0.333. The number of rotatable bonds is 10. The summed E-state index contributed by atoms with van der Waals surface area (Å²) in [5, 5.41) is 21.4. The van der Waals surface area contributed by atoms with Gasteiger partial charge in [0.05, 0.1) is 17.1 Å². The second-order valence-corrected chi connectivity index (χ2v) is 8.33. The Kier molecular flexibility index (Phi) is 7.38. The molecule has 0 spiro atoms. The molecule has 1 aromatic carbocycles. The number of aliphatic carboxylic acids is 2. The van der Waals surface area contributed by atoms with Crippen LogP contribution < -0.4 is 15.8 Å². The molecule has 12 heteroatoms. The summed E-state index contributed by atoms with van der Waals surface area (Å²) in [6.45, 7) is 4.65. The fourth-order valence-corrected chi connectivity index (χ4v) is 4.09.